The molecule has 0 spiro atoms. The zero-order valence-electron chi connectivity index (χ0n) is 18.9. The highest BCUT2D eigenvalue weighted by atomic mass is 32.1. The highest BCUT2D eigenvalue weighted by Crippen LogP contribution is 2.35. The van der Waals surface area contributed by atoms with Gasteiger partial charge in [0.2, 0.25) is 0 Å². The Hall–Kier alpha value is -3.40. The van der Waals surface area contributed by atoms with E-state index in [-0.39, 0.29) is 5.91 Å². The van der Waals surface area contributed by atoms with Crippen LogP contribution in [0.3, 0.4) is 0 Å². The fraction of sp³-hybridized carbons (Fsp3) is 0.200. The number of hydrogen-bond acceptors (Lipinski definition) is 7. The van der Waals surface area contributed by atoms with Crippen LogP contribution in [0, 0.1) is 0 Å². The smallest absolute Gasteiger partial charge is 0.275 e. The molecule has 1 aromatic carbocycles. The summed E-state index contributed by atoms with van der Waals surface area (Å²) in [5, 5.41) is 28.8. The molecule has 0 bridgehead atoms. The Bertz CT molecular complexity index is 1280. The van der Waals surface area contributed by atoms with E-state index in [1.54, 1.807) is 43.0 Å². The average Bonchev–Trinajstić information content (AvgIpc) is 3.52. The molecule has 0 saturated carbocycles. The predicted octanol–water partition coefficient (Wildman–Crippen LogP) is 3.94. The minimum absolute atomic E-state index is 0.293. The maximum absolute atomic E-state index is 13.1. The van der Waals surface area contributed by atoms with Gasteiger partial charge in [0.1, 0.15) is 10.7 Å². The molecule has 3 aromatic heterocycles. The van der Waals surface area contributed by atoms with Crippen molar-refractivity contribution in [3.8, 4) is 21.7 Å². The Kier molecular flexibility index (Phi) is 7.16. The molecule has 0 aliphatic rings. The molecule has 0 saturated heterocycles. The molecule has 4 rings (SSSR count). The average molecular weight is 493 g/mol. The van der Waals surface area contributed by atoms with Gasteiger partial charge in [0.15, 0.2) is 6.21 Å². The molecule has 5 N–H and O–H groups in total. The van der Waals surface area contributed by atoms with E-state index >= 15 is 0 Å². The number of amides is 1. The van der Waals surface area contributed by atoms with E-state index in [4.69, 9.17) is 5.41 Å². The number of nitrogens with one attached hydrogen (secondary N) is 2. The molecule has 0 aliphatic carbocycles. The molecule has 0 aliphatic heterocycles. The first kappa shape index (κ1) is 23.7. The zero-order chi connectivity index (χ0) is 24.1. The first-order valence-corrected chi connectivity index (χ1v) is 12.6. The maximum Gasteiger partial charge on any atom is 0.275 e. The summed E-state index contributed by atoms with van der Waals surface area (Å²) < 4.78 is 0. The van der Waals surface area contributed by atoms with E-state index in [2.05, 4.69) is 20.6 Å². The number of thiophene rings is 1. The van der Waals surface area contributed by atoms with Gasteiger partial charge in [-0.2, -0.15) is 11.3 Å². The summed E-state index contributed by atoms with van der Waals surface area (Å²) in [6.45, 7) is 4.13. The van der Waals surface area contributed by atoms with Gasteiger partial charge in [-0.05, 0) is 66.9 Å². The fourth-order valence-corrected chi connectivity index (χ4v) is 4.82. The summed E-state index contributed by atoms with van der Waals surface area (Å²) in [5.41, 5.74) is 4.58. The number of benzene rings is 1. The summed E-state index contributed by atoms with van der Waals surface area (Å²) in [4.78, 5) is 21.6. The highest BCUT2D eigenvalue weighted by Gasteiger charge is 2.18. The first-order chi connectivity index (χ1) is 16.3. The summed E-state index contributed by atoms with van der Waals surface area (Å²) in [6.07, 6.45) is 5.48. The second-order valence-corrected chi connectivity index (χ2v) is 10.0. The van der Waals surface area contributed by atoms with Crippen LogP contribution >= 0.6 is 22.7 Å². The topological polar surface area (TPSA) is 113 Å². The van der Waals surface area contributed by atoms with E-state index in [0.29, 0.717) is 24.3 Å². The Morgan fingerprint density at radius 2 is 1.94 bits per heavy atom. The molecule has 174 valence electrons. The summed E-state index contributed by atoms with van der Waals surface area (Å²) in [6, 6.07) is 9.56. The molecule has 1 amide bonds. The standard InChI is InChI=1S/C25H25N5O2S2/c1-25(2,32)6-9-28-20-12-19(17-5-10-33-14-17)21(11-18(20)13-26)29-23(31)22-15-34-24(30-22)16-3-7-27-8-4-16/h3-5,7-8,10-15,26,28,32H,6,9H2,1-2H3,(H,29,31)/p+1. The largest absolute Gasteiger partial charge is 0.390 e. The molecule has 0 radical (unpaired) electrons. The zero-order valence-corrected chi connectivity index (χ0v) is 20.5. The van der Waals surface area contributed by atoms with Crippen molar-refractivity contribution >= 4 is 46.2 Å². The van der Waals surface area contributed by atoms with E-state index in [1.807, 2.05) is 41.1 Å². The second-order valence-electron chi connectivity index (χ2n) is 8.38. The SMILES string of the molecule is CC(C)(O)CCNc1cc(-c2ccsc2)c(NC(=O)c2csc(-c3ccncc3)n2)cc1C=[NH2+]. The van der Waals surface area contributed by atoms with Crippen LogP contribution in [0.1, 0.15) is 36.3 Å². The van der Waals surface area contributed by atoms with Crippen LogP contribution in [0.5, 0.6) is 0 Å². The summed E-state index contributed by atoms with van der Waals surface area (Å²) >= 11 is 2.99. The quantitative estimate of drug-likeness (QED) is 0.264. The van der Waals surface area contributed by atoms with Gasteiger partial charge < -0.3 is 15.7 Å². The van der Waals surface area contributed by atoms with Crippen molar-refractivity contribution in [2.75, 3.05) is 17.2 Å². The van der Waals surface area contributed by atoms with Crippen LogP contribution in [0.25, 0.3) is 21.7 Å². The van der Waals surface area contributed by atoms with Crippen molar-refractivity contribution in [3.05, 3.63) is 70.1 Å². The third-order valence-electron chi connectivity index (χ3n) is 5.17. The first-order valence-electron chi connectivity index (χ1n) is 10.7. The number of rotatable bonds is 9. The Balaban J connectivity index is 1.62. The number of carbonyl (C=O) groups is 1. The molecule has 0 fully saturated rings. The van der Waals surface area contributed by atoms with E-state index < -0.39 is 5.60 Å². The number of aliphatic hydroxyl groups is 1. The van der Waals surface area contributed by atoms with Crippen molar-refractivity contribution in [2.45, 2.75) is 25.9 Å². The lowest BCUT2D eigenvalue weighted by Gasteiger charge is -2.19. The van der Waals surface area contributed by atoms with E-state index in [0.717, 1.165) is 32.9 Å². The van der Waals surface area contributed by atoms with E-state index in [1.165, 1.54) is 17.6 Å². The molecule has 0 unspecified atom stereocenters. The number of hydrogen-bond donors (Lipinski definition) is 4. The molecule has 34 heavy (non-hydrogen) atoms. The van der Waals surface area contributed by atoms with Crippen LogP contribution in [-0.4, -0.2) is 39.3 Å². The Labute approximate surface area is 206 Å². The second kappa shape index (κ2) is 10.3. The fourth-order valence-electron chi connectivity index (χ4n) is 3.36. The van der Waals surface area contributed by atoms with Gasteiger partial charge in [-0.3, -0.25) is 15.2 Å². The van der Waals surface area contributed by atoms with Gasteiger partial charge in [0.05, 0.1) is 11.2 Å². The van der Waals surface area contributed by atoms with Crippen LogP contribution in [0.4, 0.5) is 11.4 Å². The Morgan fingerprint density at radius 3 is 2.62 bits per heavy atom. The van der Waals surface area contributed by atoms with Crippen LogP contribution in [0.2, 0.25) is 0 Å². The lowest BCUT2D eigenvalue weighted by molar-refractivity contribution is -0.104. The van der Waals surface area contributed by atoms with Crippen molar-refractivity contribution in [2.24, 2.45) is 0 Å². The van der Waals surface area contributed by atoms with Crippen LogP contribution in [-0.2, 0) is 0 Å². The maximum atomic E-state index is 13.1. The minimum atomic E-state index is -0.771. The van der Waals surface area contributed by atoms with Gasteiger partial charge in [0.25, 0.3) is 5.91 Å². The Morgan fingerprint density at radius 1 is 1.15 bits per heavy atom. The summed E-state index contributed by atoms with van der Waals surface area (Å²) in [5.74, 6) is -0.293. The number of carbonyl (C=O) groups excluding carboxylic acids is 1. The molecule has 9 heteroatoms. The predicted molar refractivity (Wildman–Crippen MR) is 140 cm³/mol. The van der Waals surface area contributed by atoms with Gasteiger partial charge in [-0.25, -0.2) is 4.98 Å². The van der Waals surface area contributed by atoms with Gasteiger partial charge >= 0.3 is 0 Å². The van der Waals surface area contributed by atoms with Crippen molar-refractivity contribution in [1.29, 1.82) is 0 Å². The van der Waals surface area contributed by atoms with Crippen molar-refractivity contribution in [1.82, 2.24) is 9.97 Å². The molecule has 0 atom stereocenters. The van der Waals surface area contributed by atoms with Crippen molar-refractivity contribution < 1.29 is 15.3 Å². The number of aromatic nitrogens is 2. The third-order valence-corrected chi connectivity index (χ3v) is 6.74. The van der Waals surface area contributed by atoms with Gasteiger partial charge in [0, 0.05) is 46.8 Å². The van der Waals surface area contributed by atoms with Crippen molar-refractivity contribution in [3.63, 3.8) is 0 Å². The minimum Gasteiger partial charge on any atom is -0.390 e. The molecule has 7 nitrogen and oxygen atoms in total. The van der Waals surface area contributed by atoms with Crippen LogP contribution in [0.15, 0.2) is 58.9 Å². The van der Waals surface area contributed by atoms with E-state index in [9.17, 15) is 9.90 Å². The number of nitrogens with two attached hydrogens (primary N) is 1. The monoisotopic (exact) mass is 492 g/mol. The molecule has 3 heterocycles. The van der Waals surface area contributed by atoms with Crippen LogP contribution < -0.4 is 16.0 Å². The lowest BCUT2D eigenvalue weighted by Crippen LogP contribution is -2.31. The highest BCUT2D eigenvalue weighted by molar-refractivity contribution is 7.13. The number of anilines is 2. The molecular weight excluding hydrogens is 466 g/mol. The van der Waals surface area contributed by atoms with Gasteiger partial charge in [-0.15, -0.1) is 11.3 Å². The number of pyridine rings is 1. The molecular formula is C25H26N5O2S2+. The lowest BCUT2D eigenvalue weighted by atomic mass is 10.0. The number of thiazole rings is 1. The summed E-state index contributed by atoms with van der Waals surface area (Å²) in [7, 11) is 0. The van der Waals surface area contributed by atoms with Gasteiger partial charge in [-0.1, -0.05) is 0 Å². The molecule has 4 aromatic rings. The normalized spacial score (nSPS) is 11.3. The number of nitrogens with zero attached hydrogens (tertiary/aromatic N) is 2. The third kappa shape index (κ3) is 5.74.